The first-order valence-corrected chi connectivity index (χ1v) is 7.53. The largest absolute Gasteiger partial charge is 0.383 e. The van der Waals surface area contributed by atoms with Gasteiger partial charge in [0.25, 0.3) is 5.56 Å². The molecule has 0 aromatic carbocycles. The molecule has 3 aromatic rings. The van der Waals surface area contributed by atoms with Gasteiger partial charge in [0.05, 0.1) is 13.2 Å². The predicted molar refractivity (Wildman–Crippen MR) is 87.5 cm³/mol. The van der Waals surface area contributed by atoms with E-state index in [-0.39, 0.29) is 17.8 Å². The first-order valence-electron chi connectivity index (χ1n) is 7.53. The van der Waals surface area contributed by atoms with E-state index in [1.807, 2.05) is 11.5 Å². The van der Waals surface area contributed by atoms with Gasteiger partial charge in [-0.3, -0.25) is 23.1 Å². The van der Waals surface area contributed by atoms with E-state index in [0.29, 0.717) is 24.6 Å². The van der Waals surface area contributed by atoms with Crippen LogP contribution in [0, 0.1) is 6.92 Å². The van der Waals surface area contributed by atoms with Crippen molar-refractivity contribution in [2.24, 2.45) is 7.05 Å². The fraction of sp³-hybridized carbons (Fsp3) is 0.467. The number of carbonyl (C=O) groups excluding carboxylic acids is 1. The summed E-state index contributed by atoms with van der Waals surface area (Å²) in [7, 11) is 3.15. The van der Waals surface area contributed by atoms with Crippen LogP contribution in [-0.4, -0.2) is 42.6 Å². The molecule has 3 heterocycles. The van der Waals surface area contributed by atoms with Gasteiger partial charge < -0.3 is 9.30 Å². The highest BCUT2D eigenvalue weighted by molar-refractivity contribution is 5.77. The highest BCUT2D eigenvalue weighted by Crippen LogP contribution is 2.16. The standard InChI is InChI=1S/C15H19N5O4/c1-9-7-19-11-12(16-14(19)18(9)5-6-24-4)17(3)15(23)20(13(11)22)8-10(2)21/h7H,5-6,8H2,1-4H3. The number of Topliss-reactive ketones (excluding diaryl/α,β-unsaturated/α-hetero) is 1. The summed E-state index contributed by atoms with van der Waals surface area (Å²) < 4.78 is 10.9. The fourth-order valence-corrected chi connectivity index (χ4v) is 2.88. The van der Waals surface area contributed by atoms with Gasteiger partial charge in [-0.05, 0) is 13.8 Å². The van der Waals surface area contributed by atoms with Crippen molar-refractivity contribution < 1.29 is 9.53 Å². The van der Waals surface area contributed by atoms with Gasteiger partial charge in [0.15, 0.2) is 11.2 Å². The van der Waals surface area contributed by atoms with E-state index in [0.717, 1.165) is 10.3 Å². The molecule has 0 atom stereocenters. The normalized spacial score (nSPS) is 11.7. The maximum atomic E-state index is 12.7. The third-order valence-electron chi connectivity index (χ3n) is 4.04. The van der Waals surface area contributed by atoms with Crippen molar-refractivity contribution in [3.63, 3.8) is 0 Å². The number of rotatable bonds is 5. The Morgan fingerprint density at radius 3 is 2.62 bits per heavy atom. The average molecular weight is 333 g/mol. The molecule has 0 radical (unpaired) electrons. The monoisotopic (exact) mass is 333 g/mol. The summed E-state index contributed by atoms with van der Waals surface area (Å²) in [6.07, 6.45) is 1.80. The summed E-state index contributed by atoms with van der Waals surface area (Å²) in [6.45, 7) is 4.08. The zero-order valence-corrected chi connectivity index (χ0v) is 14.1. The van der Waals surface area contributed by atoms with Crippen LogP contribution in [0.25, 0.3) is 16.9 Å². The van der Waals surface area contributed by atoms with Crippen molar-refractivity contribution >= 4 is 22.7 Å². The van der Waals surface area contributed by atoms with Gasteiger partial charge in [-0.15, -0.1) is 0 Å². The summed E-state index contributed by atoms with van der Waals surface area (Å²) in [5.41, 5.74) is 0.435. The number of ketones is 1. The van der Waals surface area contributed by atoms with Crippen molar-refractivity contribution in [3.8, 4) is 0 Å². The summed E-state index contributed by atoms with van der Waals surface area (Å²) >= 11 is 0. The summed E-state index contributed by atoms with van der Waals surface area (Å²) in [5, 5.41) is 0. The number of hydrogen-bond donors (Lipinski definition) is 0. The average Bonchev–Trinajstić information content (AvgIpc) is 3.02. The Labute approximate surface area is 136 Å². The van der Waals surface area contributed by atoms with E-state index in [1.165, 1.54) is 11.5 Å². The summed E-state index contributed by atoms with van der Waals surface area (Å²) in [5.74, 6) is 0.301. The number of hydrogen-bond acceptors (Lipinski definition) is 5. The maximum Gasteiger partial charge on any atom is 0.332 e. The zero-order chi connectivity index (χ0) is 17.6. The highest BCUT2D eigenvalue weighted by atomic mass is 16.5. The first-order chi connectivity index (χ1) is 11.4. The number of nitrogens with zero attached hydrogens (tertiary/aromatic N) is 5. The van der Waals surface area contributed by atoms with Crippen LogP contribution in [-0.2, 0) is 29.7 Å². The van der Waals surface area contributed by atoms with E-state index in [2.05, 4.69) is 4.98 Å². The molecule has 0 aliphatic heterocycles. The molecule has 0 N–H and O–H groups in total. The molecule has 0 saturated carbocycles. The van der Waals surface area contributed by atoms with Crippen molar-refractivity contribution in [2.75, 3.05) is 13.7 Å². The van der Waals surface area contributed by atoms with Crippen LogP contribution in [0.4, 0.5) is 0 Å². The van der Waals surface area contributed by atoms with E-state index in [1.54, 1.807) is 24.8 Å². The van der Waals surface area contributed by atoms with Crippen molar-refractivity contribution in [2.45, 2.75) is 26.9 Å². The zero-order valence-electron chi connectivity index (χ0n) is 14.1. The van der Waals surface area contributed by atoms with Gasteiger partial charge in [-0.25, -0.2) is 4.79 Å². The third kappa shape index (κ3) is 2.28. The minimum Gasteiger partial charge on any atom is -0.383 e. The van der Waals surface area contributed by atoms with Gasteiger partial charge >= 0.3 is 5.69 Å². The second kappa shape index (κ2) is 5.75. The molecule has 0 saturated heterocycles. The number of methoxy groups -OCH3 is 1. The molecule has 0 bridgehead atoms. The van der Waals surface area contributed by atoms with Gasteiger partial charge in [-0.1, -0.05) is 0 Å². The predicted octanol–water partition coefficient (Wildman–Crippen LogP) is -0.307. The molecular formula is C15H19N5O4. The molecule has 0 aliphatic rings. The van der Waals surface area contributed by atoms with Crippen molar-refractivity contribution in [1.29, 1.82) is 0 Å². The van der Waals surface area contributed by atoms with Crippen LogP contribution in [0.5, 0.6) is 0 Å². The van der Waals surface area contributed by atoms with Crippen LogP contribution in [0.2, 0.25) is 0 Å². The van der Waals surface area contributed by atoms with Gasteiger partial charge in [-0.2, -0.15) is 4.98 Å². The molecule has 9 nitrogen and oxygen atoms in total. The lowest BCUT2D eigenvalue weighted by Gasteiger charge is -2.06. The minimum atomic E-state index is -0.552. The van der Waals surface area contributed by atoms with Crippen molar-refractivity contribution in [1.82, 2.24) is 23.1 Å². The van der Waals surface area contributed by atoms with Crippen LogP contribution in [0.1, 0.15) is 12.6 Å². The second-order valence-corrected chi connectivity index (χ2v) is 5.80. The molecular weight excluding hydrogens is 314 g/mol. The third-order valence-corrected chi connectivity index (χ3v) is 4.04. The van der Waals surface area contributed by atoms with Crippen LogP contribution >= 0.6 is 0 Å². The molecule has 9 heteroatoms. The number of carbonyl (C=O) groups is 1. The van der Waals surface area contributed by atoms with Crippen LogP contribution in [0.3, 0.4) is 0 Å². The van der Waals surface area contributed by atoms with Gasteiger partial charge in [0.1, 0.15) is 5.78 Å². The Balaban J connectivity index is 2.39. The summed E-state index contributed by atoms with van der Waals surface area (Å²) in [6, 6.07) is 0. The smallest absolute Gasteiger partial charge is 0.332 e. The lowest BCUT2D eigenvalue weighted by atomic mass is 10.4. The minimum absolute atomic E-state index is 0.252. The quantitative estimate of drug-likeness (QED) is 0.639. The van der Waals surface area contributed by atoms with E-state index >= 15 is 0 Å². The number of ether oxygens (including phenoxy) is 1. The molecule has 0 aliphatic carbocycles. The molecule has 0 fully saturated rings. The Hall–Kier alpha value is -2.68. The summed E-state index contributed by atoms with van der Waals surface area (Å²) in [4.78, 5) is 41.0. The van der Waals surface area contributed by atoms with E-state index < -0.39 is 11.2 Å². The Morgan fingerprint density at radius 1 is 1.29 bits per heavy atom. The lowest BCUT2D eigenvalue weighted by molar-refractivity contribution is -0.117. The Bertz CT molecular complexity index is 1070. The number of fused-ring (bicyclic) bond motifs is 3. The second-order valence-electron chi connectivity index (χ2n) is 5.80. The first kappa shape index (κ1) is 16.2. The van der Waals surface area contributed by atoms with Gasteiger partial charge in [0.2, 0.25) is 5.78 Å². The SMILES string of the molecule is COCCn1c(C)cn2c3c(=O)n(CC(C)=O)c(=O)n(C)c3nc12. The molecule has 128 valence electrons. The Kier molecular flexibility index (Phi) is 3.88. The van der Waals surface area contributed by atoms with Crippen LogP contribution in [0.15, 0.2) is 15.8 Å². The highest BCUT2D eigenvalue weighted by Gasteiger charge is 2.20. The van der Waals surface area contributed by atoms with E-state index in [4.69, 9.17) is 4.74 Å². The molecule has 0 amide bonds. The maximum absolute atomic E-state index is 12.7. The fourth-order valence-electron chi connectivity index (χ4n) is 2.88. The Morgan fingerprint density at radius 2 is 2.00 bits per heavy atom. The molecule has 3 rings (SSSR count). The number of aromatic nitrogens is 5. The molecule has 0 unspecified atom stereocenters. The van der Waals surface area contributed by atoms with Crippen molar-refractivity contribution in [3.05, 3.63) is 32.7 Å². The molecule has 3 aromatic heterocycles. The van der Waals surface area contributed by atoms with Gasteiger partial charge in [0, 0.05) is 32.6 Å². The van der Waals surface area contributed by atoms with E-state index in [9.17, 15) is 14.4 Å². The number of imidazole rings is 2. The lowest BCUT2D eigenvalue weighted by Crippen LogP contribution is -2.40. The molecule has 24 heavy (non-hydrogen) atoms. The molecule has 0 spiro atoms. The topological polar surface area (TPSA) is 92.5 Å². The number of aryl methyl sites for hydroxylation is 2. The van der Waals surface area contributed by atoms with Crippen LogP contribution < -0.4 is 11.2 Å².